The van der Waals surface area contributed by atoms with Crippen LogP contribution in [0.2, 0.25) is 5.02 Å². The van der Waals surface area contributed by atoms with Gasteiger partial charge in [0.15, 0.2) is 0 Å². The standard InChI is InChI=1S/C13H18ClNO2/c1-8-4-5-11(7-12(8)14)13(17)15-9(2)6-10(3)16/h4-5,7,9-10,16H,6H2,1-3H3,(H,15,17). The normalized spacial score (nSPS) is 14.2. The van der Waals surface area contributed by atoms with Crippen LogP contribution < -0.4 is 5.32 Å². The first-order valence-electron chi connectivity index (χ1n) is 5.65. The number of hydrogen-bond donors (Lipinski definition) is 2. The summed E-state index contributed by atoms with van der Waals surface area (Å²) < 4.78 is 0. The predicted molar refractivity (Wildman–Crippen MR) is 69.4 cm³/mol. The van der Waals surface area contributed by atoms with Crippen molar-refractivity contribution in [3.05, 3.63) is 34.3 Å². The van der Waals surface area contributed by atoms with Crippen LogP contribution in [0.5, 0.6) is 0 Å². The highest BCUT2D eigenvalue weighted by Gasteiger charge is 2.12. The van der Waals surface area contributed by atoms with Gasteiger partial charge in [-0.15, -0.1) is 0 Å². The van der Waals surface area contributed by atoms with Gasteiger partial charge in [0.1, 0.15) is 0 Å². The Labute approximate surface area is 107 Å². The largest absolute Gasteiger partial charge is 0.393 e. The van der Waals surface area contributed by atoms with E-state index in [4.69, 9.17) is 11.6 Å². The molecule has 1 amide bonds. The van der Waals surface area contributed by atoms with Crippen LogP contribution in [0.15, 0.2) is 18.2 Å². The maximum absolute atomic E-state index is 11.8. The van der Waals surface area contributed by atoms with E-state index in [1.807, 2.05) is 19.9 Å². The fourth-order valence-corrected chi connectivity index (χ4v) is 1.79. The summed E-state index contributed by atoms with van der Waals surface area (Å²) in [4.78, 5) is 11.8. The number of benzene rings is 1. The Balaban J connectivity index is 2.66. The lowest BCUT2D eigenvalue weighted by Crippen LogP contribution is -2.34. The van der Waals surface area contributed by atoms with Crippen molar-refractivity contribution in [3.8, 4) is 0 Å². The van der Waals surface area contributed by atoms with Crippen molar-refractivity contribution in [3.63, 3.8) is 0 Å². The van der Waals surface area contributed by atoms with E-state index in [-0.39, 0.29) is 11.9 Å². The number of nitrogens with one attached hydrogen (secondary N) is 1. The molecule has 0 bridgehead atoms. The lowest BCUT2D eigenvalue weighted by molar-refractivity contribution is 0.0923. The summed E-state index contributed by atoms with van der Waals surface area (Å²) in [5, 5.41) is 12.6. The second-order valence-electron chi connectivity index (χ2n) is 4.42. The van der Waals surface area contributed by atoms with Gasteiger partial charge in [-0.1, -0.05) is 17.7 Å². The number of carbonyl (C=O) groups excluding carboxylic acids is 1. The van der Waals surface area contributed by atoms with Gasteiger partial charge in [-0.25, -0.2) is 0 Å². The molecule has 0 aromatic heterocycles. The fraction of sp³-hybridized carbons (Fsp3) is 0.462. The third kappa shape index (κ3) is 4.36. The average molecular weight is 256 g/mol. The van der Waals surface area contributed by atoms with Crippen LogP contribution in [0, 0.1) is 6.92 Å². The Hall–Kier alpha value is -1.06. The number of halogens is 1. The minimum Gasteiger partial charge on any atom is -0.393 e. The van der Waals surface area contributed by atoms with Crippen LogP contribution in [-0.4, -0.2) is 23.2 Å². The molecule has 1 aromatic rings. The number of hydrogen-bond acceptors (Lipinski definition) is 2. The highest BCUT2D eigenvalue weighted by atomic mass is 35.5. The summed E-state index contributed by atoms with van der Waals surface area (Å²) in [5.41, 5.74) is 1.48. The summed E-state index contributed by atoms with van der Waals surface area (Å²) in [5.74, 6) is -0.167. The number of amides is 1. The predicted octanol–water partition coefficient (Wildman–Crippen LogP) is 2.54. The molecule has 0 saturated carbocycles. The molecule has 2 atom stereocenters. The smallest absolute Gasteiger partial charge is 0.251 e. The number of aliphatic hydroxyl groups excluding tert-OH is 1. The van der Waals surface area contributed by atoms with Crippen LogP contribution in [0.1, 0.15) is 36.2 Å². The third-order valence-corrected chi connectivity index (χ3v) is 2.91. The van der Waals surface area contributed by atoms with Gasteiger partial charge < -0.3 is 10.4 Å². The van der Waals surface area contributed by atoms with Crippen LogP contribution in [0.25, 0.3) is 0 Å². The summed E-state index contributed by atoms with van der Waals surface area (Å²) in [6.45, 7) is 5.45. The van der Waals surface area contributed by atoms with Gasteiger partial charge in [-0.2, -0.15) is 0 Å². The molecule has 1 aromatic carbocycles. The van der Waals surface area contributed by atoms with Gasteiger partial charge in [-0.05, 0) is 44.9 Å². The van der Waals surface area contributed by atoms with Gasteiger partial charge in [0, 0.05) is 16.6 Å². The van der Waals surface area contributed by atoms with E-state index in [0.29, 0.717) is 17.0 Å². The van der Waals surface area contributed by atoms with Crippen LogP contribution >= 0.6 is 11.6 Å². The fourth-order valence-electron chi connectivity index (χ4n) is 1.61. The Bertz CT molecular complexity index is 404. The molecular weight excluding hydrogens is 238 g/mol. The Kier molecular flexibility index (Phi) is 4.97. The molecule has 0 saturated heterocycles. The van der Waals surface area contributed by atoms with E-state index in [9.17, 15) is 9.90 Å². The first-order chi connectivity index (χ1) is 7.90. The molecule has 3 nitrogen and oxygen atoms in total. The number of aryl methyl sites for hydroxylation is 1. The van der Waals surface area contributed by atoms with Gasteiger partial charge in [0.25, 0.3) is 5.91 Å². The molecule has 0 spiro atoms. The maximum Gasteiger partial charge on any atom is 0.251 e. The van der Waals surface area contributed by atoms with E-state index in [0.717, 1.165) is 5.56 Å². The quantitative estimate of drug-likeness (QED) is 0.869. The topological polar surface area (TPSA) is 49.3 Å². The zero-order valence-electron chi connectivity index (χ0n) is 10.3. The highest BCUT2D eigenvalue weighted by Crippen LogP contribution is 2.16. The number of aliphatic hydroxyl groups is 1. The van der Waals surface area contributed by atoms with Gasteiger partial charge >= 0.3 is 0 Å². The minimum atomic E-state index is -0.424. The Morgan fingerprint density at radius 1 is 1.47 bits per heavy atom. The first kappa shape index (κ1) is 14.0. The molecule has 17 heavy (non-hydrogen) atoms. The Morgan fingerprint density at radius 2 is 2.12 bits per heavy atom. The first-order valence-corrected chi connectivity index (χ1v) is 6.03. The molecule has 0 aliphatic carbocycles. The summed E-state index contributed by atoms with van der Waals surface area (Å²) >= 11 is 5.96. The monoisotopic (exact) mass is 255 g/mol. The van der Waals surface area contributed by atoms with Crippen molar-refractivity contribution >= 4 is 17.5 Å². The minimum absolute atomic E-state index is 0.0671. The summed E-state index contributed by atoms with van der Waals surface area (Å²) in [7, 11) is 0. The van der Waals surface area contributed by atoms with Crippen LogP contribution in [0.4, 0.5) is 0 Å². The molecule has 2 N–H and O–H groups in total. The van der Waals surface area contributed by atoms with Crippen LogP contribution in [0.3, 0.4) is 0 Å². The second-order valence-corrected chi connectivity index (χ2v) is 4.83. The molecule has 4 heteroatoms. The molecule has 0 heterocycles. The highest BCUT2D eigenvalue weighted by molar-refractivity contribution is 6.31. The van der Waals surface area contributed by atoms with Crippen molar-refractivity contribution < 1.29 is 9.90 Å². The third-order valence-electron chi connectivity index (χ3n) is 2.51. The zero-order valence-corrected chi connectivity index (χ0v) is 11.1. The molecule has 94 valence electrons. The van der Waals surface area contributed by atoms with Crippen LogP contribution in [-0.2, 0) is 0 Å². The number of carbonyl (C=O) groups is 1. The number of rotatable bonds is 4. The molecule has 0 fully saturated rings. The van der Waals surface area contributed by atoms with E-state index in [1.165, 1.54) is 0 Å². The van der Waals surface area contributed by atoms with Gasteiger partial charge in [0.05, 0.1) is 6.10 Å². The molecular formula is C13H18ClNO2. The summed E-state index contributed by atoms with van der Waals surface area (Å²) in [6, 6.07) is 5.14. The molecule has 2 unspecified atom stereocenters. The zero-order chi connectivity index (χ0) is 13.0. The Morgan fingerprint density at radius 3 is 2.65 bits per heavy atom. The maximum atomic E-state index is 11.8. The SMILES string of the molecule is Cc1ccc(C(=O)NC(C)CC(C)O)cc1Cl. The molecule has 0 radical (unpaired) electrons. The lowest BCUT2D eigenvalue weighted by Gasteiger charge is -2.15. The average Bonchev–Trinajstić information content (AvgIpc) is 2.20. The molecule has 0 aliphatic heterocycles. The van der Waals surface area contributed by atoms with Crippen molar-refractivity contribution in [2.75, 3.05) is 0 Å². The lowest BCUT2D eigenvalue weighted by atomic mass is 10.1. The molecule has 1 rings (SSSR count). The summed E-state index contributed by atoms with van der Waals surface area (Å²) in [6.07, 6.45) is 0.109. The van der Waals surface area contributed by atoms with E-state index >= 15 is 0 Å². The van der Waals surface area contributed by atoms with E-state index < -0.39 is 6.10 Å². The second kappa shape index (κ2) is 6.03. The van der Waals surface area contributed by atoms with Crippen molar-refractivity contribution in [1.29, 1.82) is 0 Å². The van der Waals surface area contributed by atoms with Gasteiger partial charge in [-0.3, -0.25) is 4.79 Å². The molecule has 0 aliphatic rings. The van der Waals surface area contributed by atoms with Crippen molar-refractivity contribution in [1.82, 2.24) is 5.32 Å². The van der Waals surface area contributed by atoms with E-state index in [2.05, 4.69) is 5.32 Å². The van der Waals surface area contributed by atoms with E-state index in [1.54, 1.807) is 19.1 Å². The van der Waals surface area contributed by atoms with Crippen molar-refractivity contribution in [2.24, 2.45) is 0 Å². The van der Waals surface area contributed by atoms with Gasteiger partial charge in [0.2, 0.25) is 0 Å². The van der Waals surface area contributed by atoms with Crippen molar-refractivity contribution in [2.45, 2.75) is 39.3 Å².